The number of carbonyl (C=O) groups excluding carboxylic acids is 1. The van der Waals surface area contributed by atoms with Crippen LogP contribution in [0.1, 0.15) is 45.1 Å². The predicted octanol–water partition coefficient (Wildman–Crippen LogP) is 3.19. The molecular weight excluding hydrogens is 294 g/mol. The number of carboxylic acids is 1. The lowest BCUT2D eigenvalue weighted by molar-refractivity contribution is -0.142. The molecule has 5 heteroatoms. The van der Waals surface area contributed by atoms with Crippen LogP contribution in [-0.4, -0.2) is 30.7 Å². The monoisotopic (exact) mass is 319 g/mol. The molecule has 23 heavy (non-hydrogen) atoms. The van der Waals surface area contributed by atoms with E-state index < -0.39 is 11.4 Å². The maximum absolute atomic E-state index is 12.6. The average Bonchev–Trinajstić information content (AvgIpc) is 2.46. The van der Waals surface area contributed by atoms with Crippen molar-refractivity contribution in [2.45, 2.75) is 44.9 Å². The highest BCUT2D eigenvalue weighted by atomic mass is 16.5. The lowest BCUT2D eigenvalue weighted by Gasteiger charge is -2.40. The van der Waals surface area contributed by atoms with Crippen molar-refractivity contribution < 1.29 is 19.4 Å². The SMILES string of the molecule is COCCC1(C(=O)Nc2ccc(C(C)(C)C(=O)O)cc2)CCC1. The van der Waals surface area contributed by atoms with Crippen LogP contribution in [0.4, 0.5) is 5.69 Å². The van der Waals surface area contributed by atoms with Crippen molar-refractivity contribution in [3.63, 3.8) is 0 Å². The Morgan fingerprint density at radius 2 is 1.87 bits per heavy atom. The molecule has 1 aliphatic rings. The summed E-state index contributed by atoms with van der Waals surface area (Å²) in [7, 11) is 1.65. The Labute approximate surface area is 137 Å². The van der Waals surface area contributed by atoms with Gasteiger partial charge in [0.05, 0.1) is 10.8 Å². The molecule has 1 aromatic rings. The molecule has 0 heterocycles. The fourth-order valence-electron chi connectivity index (χ4n) is 2.85. The lowest BCUT2D eigenvalue weighted by atomic mass is 9.66. The van der Waals surface area contributed by atoms with Crippen molar-refractivity contribution >= 4 is 17.6 Å². The van der Waals surface area contributed by atoms with Crippen molar-refractivity contribution in [1.29, 1.82) is 0 Å². The lowest BCUT2D eigenvalue weighted by Crippen LogP contribution is -2.42. The number of hydrogen-bond acceptors (Lipinski definition) is 3. The van der Waals surface area contributed by atoms with E-state index in [0.717, 1.165) is 25.7 Å². The normalized spacial score (nSPS) is 16.5. The standard InChI is InChI=1S/C18H25NO4/c1-17(2,16(21)22)13-5-7-14(8-6-13)19-15(20)18(9-4-10-18)11-12-23-3/h5-8H,4,9-12H2,1-3H3,(H,19,20)(H,21,22). The van der Waals surface area contributed by atoms with Crippen LogP contribution in [0.25, 0.3) is 0 Å². The van der Waals surface area contributed by atoms with Gasteiger partial charge in [0.1, 0.15) is 0 Å². The molecule has 0 radical (unpaired) electrons. The second kappa shape index (κ2) is 6.71. The smallest absolute Gasteiger partial charge is 0.313 e. The molecule has 2 N–H and O–H groups in total. The fraction of sp³-hybridized carbons (Fsp3) is 0.556. The van der Waals surface area contributed by atoms with Gasteiger partial charge in [0.2, 0.25) is 5.91 Å². The first-order valence-corrected chi connectivity index (χ1v) is 7.96. The summed E-state index contributed by atoms with van der Waals surface area (Å²) in [6.07, 6.45) is 3.60. The van der Waals surface area contributed by atoms with E-state index in [-0.39, 0.29) is 11.3 Å². The molecule has 1 amide bonds. The second-order valence-electron chi connectivity index (χ2n) is 6.84. The van der Waals surface area contributed by atoms with E-state index in [2.05, 4.69) is 5.32 Å². The van der Waals surface area contributed by atoms with Gasteiger partial charge in [-0.2, -0.15) is 0 Å². The number of anilines is 1. The third kappa shape index (κ3) is 3.55. The van der Waals surface area contributed by atoms with E-state index in [1.807, 2.05) is 0 Å². The number of hydrogen-bond donors (Lipinski definition) is 2. The number of carbonyl (C=O) groups is 2. The van der Waals surface area contributed by atoms with Crippen LogP contribution in [0.3, 0.4) is 0 Å². The Kier molecular flexibility index (Phi) is 5.09. The van der Waals surface area contributed by atoms with Gasteiger partial charge < -0.3 is 15.2 Å². The number of carboxylic acid groups (broad SMARTS) is 1. The number of benzene rings is 1. The first-order chi connectivity index (χ1) is 10.8. The van der Waals surface area contributed by atoms with Gasteiger partial charge in [-0.05, 0) is 50.8 Å². The molecule has 1 fully saturated rings. The molecule has 0 spiro atoms. The number of ether oxygens (including phenoxy) is 1. The molecule has 0 aromatic heterocycles. The van der Waals surface area contributed by atoms with Crippen LogP contribution >= 0.6 is 0 Å². The third-order valence-electron chi connectivity index (χ3n) is 4.98. The Hall–Kier alpha value is -1.88. The molecular formula is C18H25NO4. The van der Waals surface area contributed by atoms with E-state index in [1.54, 1.807) is 45.2 Å². The predicted molar refractivity (Wildman–Crippen MR) is 88.5 cm³/mol. The van der Waals surface area contributed by atoms with Crippen LogP contribution in [0.5, 0.6) is 0 Å². The first-order valence-electron chi connectivity index (χ1n) is 7.96. The summed E-state index contributed by atoms with van der Waals surface area (Å²) < 4.78 is 5.11. The highest BCUT2D eigenvalue weighted by Gasteiger charge is 2.43. The van der Waals surface area contributed by atoms with Crippen LogP contribution < -0.4 is 5.32 Å². The van der Waals surface area contributed by atoms with Gasteiger partial charge in [-0.25, -0.2) is 0 Å². The Bertz CT molecular complexity index is 573. The average molecular weight is 319 g/mol. The minimum atomic E-state index is -0.948. The largest absolute Gasteiger partial charge is 0.481 e. The van der Waals surface area contributed by atoms with Gasteiger partial charge in [-0.3, -0.25) is 9.59 Å². The highest BCUT2D eigenvalue weighted by Crippen LogP contribution is 2.44. The maximum atomic E-state index is 12.6. The van der Waals surface area contributed by atoms with Crippen LogP contribution in [0.15, 0.2) is 24.3 Å². The summed E-state index contributed by atoms with van der Waals surface area (Å²) in [5, 5.41) is 12.2. The van der Waals surface area contributed by atoms with Crippen molar-refractivity contribution in [3.05, 3.63) is 29.8 Å². The minimum absolute atomic E-state index is 0.0334. The minimum Gasteiger partial charge on any atom is -0.481 e. The number of rotatable bonds is 7. The number of aliphatic carboxylic acids is 1. The van der Waals surface area contributed by atoms with Crippen LogP contribution in [0, 0.1) is 5.41 Å². The number of amides is 1. The molecule has 0 atom stereocenters. The molecule has 126 valence electrons. The Morgan fingerprint density at radius 3 is 2.30 bits per heavy atom. The van der Waals surface area contributed by atoms with Gasteiger partial charge >= 0.3 is 5.97 Å². The van der Waals surface area contributed by atoms with Crippen molar-refractivity contribution in [2.75, 3.05) is 19.0 Å². The van der Waals surface area contributed by atoms with Crippen LogP contribution in [0.2, 0.25) is 0 Å². The molecule has 1 aromatic carbocycles. The zero-order valence-corrected chi connectivity index (χ0v) is 14.0. The summed E-state index contributed by atoms with van der Waals surface area (Å²) in [5.74, 6) is -0.840. The summed E-state index contributed by atoms with van der Waals surface area (Å²) in [6.45, 7) is 3.91. The molecule has 1 aliphatic carbocycles. The number of methoxy groups -OCH3 is 1. The summed E-state index contributed by atoms with van der Waals surface area (Å²) >= 11 is 0. The molecule has 0 bridgehead atoms. The molecule has 2 rings (SSSR count). The van der Waals surface area contributed by atoms with E-state index in [9.17, 15) is 14.7 Å². The van der Waals surface area contributed by atoms with Gasteiger partial charge in [0, 0.05) is 19.4 Å². The van der Waals surface area contributed by atoms with Crippen molar-refractivity contribution in [2.24, 2.45) is 5.41 Å². The fourth-order valence-corrected chi connectivity index (χ4v) is 2.85. The summed E-state index contributed by atoms with van der Waals surface area (Å²) in [5.41, 5.74) is 0.148. The molecule has 5 nitrogen and oxygen atoms in total. The van der Waals surface area contributed by atoms with Gasteiger partial charge in [-0.1, -0.05) is 18.6 Å². The Morgan fingerprint density at radius 1 is 1.26 bits per heavy atom. The molecule has 0 saturated heterocycles. The van der Waals surface area contributed by atoms with E-state index >= 15 is 0 Å². The first kappa shape index (κ1) is 17.5. The summed E-state index contributed by atoms with van der Waals surface area (Å²) in [6, 6.07) is 7.04. The third-order valence-corrected chi connectivity index (χ3v) is 4.98. The zero-order valence-electron chi connectivity index (χ0n) is 14.0. The van der Waals surface area contributed by atoms with E-state index in [4.69, 9.17) is 4.74 Å². The maximum Gasteiger partial charge on any atom is 0.313 e. The zero-order chi connectivity index (χ0) is 17.1. The topological polar surface area (TPSA) is 75.6 Å². The molecule has 0 aliphatic heterocycles. The molecule has 0 unspecified atom stereocenters. The molecule has 1 saturated carbocycles. The quantitative estimate of drug-likeness (QED) is 0.809. The second-order valence-corrected chi connectivity index (χ2v) is 6.84. The van der Waals surface area contributed by atoms with E-state index in [1.165, 1.54) is 0 Å². The van der Waals surface area contributed by atoms with Crippen LogP contribution in [-0.2, 0) is 19.7 Å². The van der Waals surface area contributed by atoms with Gasteiger partial charge in [0.25, 0.3) is 0 Å². The van der Waals surface area contributed by atoms with Gasteiger partial charge in [-0.15, -0.1) is 0 Å². The van der Waals surface area contributed by atoms with Gasteiger partial charge in [0.15, 0.2) is 0 Å². The highest BCUT2D eigenvalue weighted by molar-refractivity contribution is 5.96. The summed E-state index contributed by atoms with van der Waals surface area (Å²) in [4.78, 5) is 23.8. The number of nitrogens with one attached hydrogen (secondary N) is 1. The Balaban J connectivity index is 2.06. The van der Waals surface area contributed by atoms with E-state index in [0.29, 0.717) is 17.9 Å². The van der Waals surface area contributed by atoms with Crippen molar-refractivity contribution in [3.8, 4) is 0 Å². The van der Waals surface area contributed by atoms with Crippen molar-refractivity contribution in [1.82, 2.24) is 0 Å².